The highest BCUT2D eigenvalue weighted by atomic mass is 32.2. The molecule has 0 fully saturated rings. The molecule has 25 nitrogen and oxygen atoms in total. The third-order valence-corrected chi connectivity index (χ3v) is 10.6. The Morgan fingerprint density at radius 2 is 1.25 bits per heavy atom. The van der Waals surface area contributed by atoms with E-state index >= 15 is 0 Å². The molecule has 376 valence electrons. The molecule has 0 aliphatic carbocycles. The zero-order valence-corrected chi connectivity index (χ0v) is 38.9. The van der Waals surface area contributed by atoms with Crippen LogP contribution in [0.25, 0.3) is 0 Å². The first-order valence-electron chi connectivity index (χ1n) is 21.5. The Bertz CT molecular complexity index is 1840. The van der Waals surface area contributed by atoms with E-state index in [0.717, 1.165) is 6.92 Å². The van der Waals surface area contributed by atoms with Gasteiger partial charge >= 0.3 is 11.9 Å². The molecule has 0 saturated carbocycles. The molecule has 0 unspecified atom stereocenters. The number of hydrogen-bond donors (Lipinski definition) is 16. The van der Waals surface area contributed by atoms with Crippen molar-refractivity contribution in [1.82, 2.24) is 42.5 Å². The van der Waals surface area contributed by atoms with E-state index < -0.39 is 121 Å². The number of thioether (sulfide) groups is 1. The zero-order valence-electron chi connectivity index (χ0n) is 38.1. The lowest BCUT2D eigenvalue weighted by Gasteiger charge is -2.29. The van der Waals surface area contributed by atoms with Crippen molar-refractivity contribution < 1.29 is 63.6 Å². The van der Waals surface area contributed by atoms with Crippen molar-refractivity contribution >= 4 is 71.0 Å². The Kier molecular flexibility index (Phi) is 27.1. The first-order valence-corrected chi connectivity index (χ1v) is 22.9. The summed E-state index contributed by atoms with van der Waals surface area (Å²) in [6.45, 7) is 4.26. The maximum absolute atomic E-state index is 14.0. The van der Waals surface area contributed by atoms with Gasteiger partial charge in [0.05, 0.1) is 25.1 Å². The summed E-state index contributed by atoms with van der Waals surface area (Å²) in [6.07, 6.45) is 0.460. The Labute approximate surface area is 392 Å². The molecule has 0 aromatic heterocycles. The normalized spacial score (nSPS) is 14.6. The minimum atomic E-state index is -1.85. The van der Waals surface area contributed by atoms with E-state index in [0.29, 0.717) is 37.1 Å². The predicted molar refractivity (Wildman–Crippen MR) is 246 cm³/mol. The number of benzene rings is 1. The third-order valence-electron chi connectivity index (χ3n) is 9.92. The van der Waals surface area contributed by atoms with Gasteiger partial charge < -0.3 is 80.2 Å². The Hall–Kier alpha value is -6.25. The first kappa shape index (κ1) is 58.8. The summed E-state index contributed by atoms with van der Waals surface area (Å²) < 4.78 is 0. The predicted octanol–water partition coefficient (Wildman–Crippen LogP) is -3.97. The summed E-state index contributed by atoms with van der Waals surface area (Å²) in [5.74, 6) is -10.3. The van der Waals surface area contributed by atoms with Crippen molar-refractivity contribution in [2.24, 2.45) is 23.1 Å². The number of guanidine groups is 1. The van der Waals surface area contributed by atoms with Crippen LogP contribution in [0.15, 0.2) is 24.3 Å². The van der Waals surface area contributed by atoms with E-state index in [1.54, 1.807) is 20.1 Å². The number of hydrogen-bond acceptors (Lipinski definition) is 15. The molecule has 26 heteroatoms. The lowest BCUT2D eigenvalue weighted by atomic mass is 10.0. The van der Waals surface area contributed by atoms with Crippen LogP contribution in [0.5, 0.6) is 5.75 Å². The van der Waals surface area contributed by atoms with Gasteiger partial charge in [0.1, 0.15) is 42.0 Å². The number of carboxylic acid groups (broad SMARTS) is 2. The molecular formula is C41H68N12O13S. The molecule has 0 spiro atoms. The fraction of sp³-hybridized carbons (Fsp3) is 0.610. The number of aliphatic hydroxyl groups is 1. The van der Waals surface area contributed by atoms with Crippen LogP contribution in [-0.2, 0) is 49.6 Å². The summed E-state index contributed by atoms with van der Waals surface area (Å²) in [5.41, 5.74) is 16.9. The Morgan fingerprint density at radius 1 is 0.687 bits per heavy atom. The number of unbranched alkanes of at least 4 members (excludes halogenated alkanes) is 1. The highest BCUT2D eigenvalue weighted by Crippen LogP contribution is 2.13. The molecule has 0 heterocycles. The molecule has 0 aliphatic rings. The second-order valence-electron chi connectivity index (χ2n) is 15.9. The second-order valence-corrected chi connectivity index (χ2v) is 16.9. The Morgan fingerprint density at radius 3 is 1.81 bits per heavy atom. The number of carbonyl (C=O) groups excluding carboxylic acids is 7. The third kappa shape index (κ3) is 23.2. The lowest BCUT2D eigenvalue weighted by Crippen LogP contribution is -2.62. The van der Waals surface area contributed by atoms with Crippen LogP contribution in [-0.4, -0.2) is 160 Å². The van der Waals surface area contributed by atoms with Gasteiger partial charge in [-0.2, -0.15) is 11.8 Å². The van der Waals surface area contributed by atoms with Crippen molar-refractivity contribution in [2.75, 3.05) is 31.6 Å². The molecule has 19 N–H and O–H groups in total. The van der Waals surface area contributed by atoms with Gasteiger partial charge in [0.25, 0.3) is 0 Å². The van der Waals surface area contributed by atoms with E-state index in [2.05, 4.69) is 42.5 Å². The topological polar surface area (TPSA) is 433 Å². The quantitative estimate of drug-likeness (QED) is 0.0186. The molecule has 7 amide bonds. The van der Waals surface area contributed by atoms with Crippen molar-refractivity contribution in [1.29, 1.82) is 5.41 Å². The molecular weight excluding hydrogens is 901 g/mol. The maximum atomic E-state index is 14.0. The van der Waals surface area contributed by atoms with E-state index in [1.165, 1.54) is 36.0 Å². The van der Waals surface area contributed by atoms with Gasteiger partial charge in [0, 0.05) is 13.0 Å². The van der Waals surface area contributed by atoms with Crippen LogP contribution in [0.3, 0.4) is 0 Å². The average Bonchev–Trinajstić information content (AvgIpc) is 3.25. The number of nitrogens with one attached hydrogen (secondary N) is 9. The summed E-state index contributed by atoms with van der Waals surface area (Å²) in [4.78, 5) is 118. The molecule has 1 aromatic rings. The van der Waals surface area contributed by atoms with Crippen LogP contribution in [0.1, 0.15) is 71.3 Å². The number of carboxylic acids is 2. The van der Waals surface area contributed by atoms with Crippen LogP contribution in [0.4, 0.5) is 0 Å². The number of rotatable bonds is 32. The number of nitrogens with two attached hydrogens (primary N) is 3. The van der Waals surface area contributed by atoms with Crippen LogP contribution in [0, 0.1) is 11.3 Å². The van der Waals surface area contributed by atoms with Crippen molar-refractivity contribution in [3.63, 3.8) is 0 Å². The molecule has 67 heavy (non-hydrogen) atoms. The highest BCUT2D eigenvalue weighted by Gasteiger charge is 2.36. The van der Waals surface area contributed by atoms with E-state index in [1.807, 2.05) is 0 Å². The molecule has 0 aliphatic heterocycles. The van der Waals surface area contributed by atoms with Crippen molar-refractivity contribution in [3.05, 3.63) is 29.8 Å². The number of phenols is 1. The van der Waals surface area contributed by atoms with E-state index in [4.69, 9.17) is 22.6 Å². The highest BCUT2D eigenvalue weighted by molar-refractivity contribution is 7.98. The number of aromatic hydroxyl groups is 1. The van der Waals surface area contributed by atoms with Crippen LogP contribution >= 0.6 is 11.8 Å². The van der Waals surface area contributed by atoms with E-state index in [-0.39, 0.29) is 43.9 Å². The lowest BCUT2D eigenvalue weighted by molar-refractivity contribution is -0.143. The van der Waals surface area contributed by atoms with Gasteiger partial charge in [-0.1, -0.05) is 32.4 Å². The van der Waals surface area contributed by atoms with Crippen LogP contribution in [0.2, 0.25) is 0 Å². The molecule has 1 rings (SSSR count). The maximum Gasteiger partial charge on any atom is 0.326 e. The minimum Gasteiger partial charge on any atom is -0.508 e. The molecule has 0 bridgehead atoms. The zero-order chi connectivity index (χ0) is 50.8. The van der Waals surface area contributed by atoms with Gasteiger partial charge in [-0.25, -0.2) is 4.79 Å². The first-order chi connectivity index (χ1) is 31.5. The number of carbonyl (C=O) groups is 9. The van der Waals surface area contributed by atoms with Gasteiger partial charge in [-0.15, -0.1) is 0 Å². The minimum absolute atomic E-state index is 0.0147. The van der Waals surface area contributed by atoms with Crippen molar-refractivity contribution in [3.8, 4) is 5.75 Å². The second kappa shape index (κ2) is 30.9. The van der Waals surface area contributed by atoms with Crippen molar-refractivity contribution in [2.45, 2.75) is 121 Å². The summed E-state index contributed by atoms with van der Waals surface area (Å²) >= 11 is 1.32. The molecule has 1 aromatic carbocycles. The molecule has 0 saturated heterocycles. The molecule has 0 radical (unpaired) electrons. The largest absolute Gasteiger partial charge is 0.508 e. The Balaban J connectivity index is 3.35. The summed E-state index contributed by atoms with van der Waals surface area (Å²) in [7, 11) is 0. The average molecular weight is 969 g/mol. The van der Waals surface area contributed by atoms with Gasteiger partial charge in [-0.3, -0.25) is 43.8 Å². The summed E-state index contributed by atoms with van der Waals surface area (Å²) in [6, 6.07) is -4.90. The number of aliphatic carboxylic acids is 2. The van der Waals surface area contributed by atoms with E-state index in [9.17, 15) is 63.6 Å². The number of phenolic OH excluding ortho intramolecular Hbond substituents is 1. The molecule has 8 atom stereocenters. The van der Waals surface area contributed by atoms with Gasteiger partial charge in [-0.05, 0) is 81.2 Å². The SMILES string of the molecule is CSCC[C@H](NC(=O)CNC(=O)[C@@H](N)CCCCN)C(=O)N[C@@H](CC(=O)O)C(=O)N[C@@H](Cc1ccc(O)cc1)C(=O)N[C@H](C(=O)N[C@H](C(=O)N[C@@H](CCCNC(=N)N)C(=O)O)C(C)C)[C@@H](C)O. The fourth-order valence-electron chi connectivity index (χ4n) is 6.18. The fourth-order valence-corrected chi connectivity index (χ4v) is 6.65. The summed E-state index contributed by atoms with van der Waals surface area (Å²) in [5, 5.41) is 66.4. The monoisotopic (exact) mass is 968 g/mol. The van der Waals surface area contributed by atoms with Gasteiger partial charge in [0.2, 0.25) is 41.4 Å². The number of amides is 7. The van der Waals surface area contributed by atoms with Gasteiger partial charge in [0.15, 0.2) is 5.96 Å². The number of aliphatic hydroxyl groups excluding tert-OH is 1. The van der Waals surface area contributed by atoms with Crippen LogP contribution < -0.4 is 59.7 Å². The smallest absolute Gasteiger partial charge is 0.326 e. The standard InChI is InChI=1S/C41H68N12O13S/c1-21(2)32(38(63)49-27(40(65)66)9-7-16-46-41(44)45)52-39(64)33(22(3)54)53-37(62)28(18-23-10-12-24(55)13-11-23)50-36(61)29(19-31(57)58)51-35(60)26(14-17-67-4)48-30(56)20-47-34(59)25(43)8-5-6-15-42/h10-13,21-22,25-29,32-33,54-55H,5-9,14-20,42-43H2,1-4H3,(H,47,59)(H,48,56)(H,49,63)(H,50,61)(H,51,60)(H,52,64)(H,53,62)(H,57,58)(H,65,66)(H4,44,45,46)/t22-,25+,26+,27+,28+,29+,32+,33+/m1/s1.